The minimum absolute atomic E-state index is 0.0365. The molecule has 0 aromatic heterocycles. The zero-order chi connectivity index (χ0) is 27.4. The summed E-state index contributed by atoms with van der Waals surface area (Å²) in [4.78, 5) is 39.9. The maximum absolute atomic E-state index is 13.1. The van der Waals surface area contributed by atoms with Gasteiger partial charge in [-0.3, -0.25) is 14.4 Å². The van der Waals surface area contributed by atoms with Crippen LogP contribution in [0.25, 0.3) is 10.4 Å². The summed E-state index contributed by atoms with van der Waals surface area (Å²) < 4.78 is 11.8. The molecular weight excluding hydrogens is 474 g/mol. The van der Waals surface area contributed by atoms with Crippen molar-refractivity contribution in [2.75, 3.05) is 6.61 Å². The molecule has 1 fully saturated rings. The van der Waals surface area contributed by atoms with Gasteiger partial charge in [0.15, 0.2) is 14.1 Å². The van der Waals surface area contributed by atoms with Crippen LogP contribution in [0.4, 0.5) is 0 Å². The number of nitrogens with zero attached hydrogens (tertiary/aromatic N) is 3. The molecule has 1 rings (SSSR count). The lowest BCUT2D eigenvalue weighted by atomic mass is 9.67. The predicted octanol–water partition coefficient (Wildman–Crippen LogP) is 7.46. The molecule has 0 bridgehead atoms. The third-order valence-electron chi connectivity index (χ3n) is 8.02. The maximum Gasteiger partial charge on any atom is 0.303 e. The molecule has 206 valence electrons. The molecule has 3 atom stereocenters. The Bertz CT molecular complexity index is 789. The minimum atomic E-state index is -2.23. The second kappa shape index (κ2) is 14.9. The van der Waals surface area contributed by atoms with Gasteiger partial charge >= 0.3 is 5.97 Å². The van der Waals surface area contributed by atoms with Crippen molar-refractivity contribution in [2.24, 2.45) is 11.0 Å². The van der Waals surface area contributed by atoms with Crippen LogP contribution in [0.2, 0.25) is 18.1 Å². The van der Waals surface area contributed by atoms with Gasteiger partial charge in [0.25, 0.3) is 0 Å². The molecule has 0 N–H and O–H groups in total. The van der Waals surface area contributed by atoms with Crippen LogP contribution in [0.1, 0.15) is 112 Å². The minimum Gasteiger partial charge on any atom is -0.458 e. The molecule has 1 saturated carbocycles. The number of hydrogen-bond donors (Lipinski definition) is 0. The van der Waals surface area contributed by atoms with Gasteiger partial charge in [0, 0.05) is 31.1 Å². The van der Waals surface area contributed by atoms with Crippen molar-refractivity contribution in [1.82, 2.24) is 0 Å². The van der Waals surface area contributed by atoms with Crippen LogP contribution < -0.4 is 0 Å². The number of hydrogen-bond acceptors (Lipinski definition) is 6. The number of azide groups is 1. The normalized spacial score (nSPS) is 21.4. The van der Waals surface area contributed by atoms with Gasteiger partial charge in [0.1, 0.15) is 12.4 Å². The lowest BCUT2D eigenvalue weighted by Gasteiger charge is -2.48. The van der Waals surface area contributed by atoms with Crippen LogP contribution >= 0.6 is 0 Å². The molecule has 9 heteroatoms. The van der Waals surface area contributed by atoms with E-state index in [1.807, 2.05) is 0 Å². The number of ether oxygens (including phenoxy) is 1. The number of ketones is 2. The first-order chi connectivity index (χ1) is 16.8. The molecule has 36 heavy (non-hydrogen) atoms. The number of Topliss-reactive ketones (excluding diaryl/α,β-unsaturated/α-hetero) is 2. The summed E-state index contributed by atoms with van der Waals surface area (Å²) >= 11 is 0. The Morgan fingerprint density at radius 1 is 1.11 bits per heavy atom. The second-order valence-electron chi connectivity index (χ2n) is 11.9. The number of carbonyl (C=O) groups excluding carboxylic acids is 3. The highest BCUT2D eigenvalue weighted by Gasteiger charge is 2.48. The molecule has 0 radical (unpaired) electrons. The van der Waals surface area contributed by atoms with E-state index < -0.39 is 19.8 Å². The van der Waals surface area contributed by atoms with E-state index in [9.17, 15) is 19.9 Å². The lowest BCUT2D eigenvalue weighted by Crippen LogP contribution is -2.52. The third-order valence-corrected chi connectivity index (χ3v) is 12.5. The van der Waals surface area contributed by atoms with Crippen molar-refractivity contribution in [2.45, 2.75) is 141 Å². The molecular formula is C27H49N3O5Si. The van der Waals surface area contributed by atoms with Crippen molar-refractivity contribution in [3.05, 3.63) is 10.4 Å². The molecule has 0 aromatic carbocycles. The smallest absolute Gasteiger partial charge is 0.303 e. The molecule has 0 amide bonds. The Morgan fingerprint density at radius 3 is 2.39 bits per heavy atom. The molecule has 0 unspecified atom stereocenters. The zero-order valence-corrected chi connectivity index (χ0v) is 24.7. The Hall–Kier alpha value is -1.70. The Balaban J connectivity index is 3.23. The SMILES string of the molecule is CCCCCCC(=O)C[C@H](O[Si](C)(C)C(C)(C)C)[C@@H]1CCCC[C@]1(CCC(=O)COC(C)=O)N=[N+]=[N-]. The molecule has 0 heterocycles. The van der Waals surface area contributed by atoms with Crippen LogP contribution in [0.15, 0.2) is 5.11 Å². The number of unbranched alkanes of at least 4 members (excludes halogenated alkanes) is 3. The van der Waals surface area contributed by atoms with Crippen molar-refractivity contribution in [1.29, 1.82) is 0 Å². The first-order valence-electron chi connectivity index (χ1n) is 13.7. The van der Waals surface area contributed by atoms with E-state index in [1.54, 1.807) is 0 Å². The molecule has 0 saturated heterocycles. The van der Waals surface area contributed by atoms with Crippen LogP contribution in [0.5, 0.6) is 0 Å². The van der Waals surface area contributed by atoms with E-state index in [-0.39, 0.29) is 41.7 Å². The predicted molar refractivity (Wildman–Crippen MR) is 145 cm³/mol. The van der Waals surface area contributed by atoms with Crippen molar-refractivity contribution >= 4 is 25.9 Å². The maximum atomic E-state index is 13.1. The standard InChI is InChI=1S/C27H49N3O5Si/c1-8-9-10-11-14-22(32)19-25(35-36(6,7)26(3,4)5)24-15-12-13-17-27(24,29-30-28)18-16-23(33)20-34-21(2)31/h24-25H,8-20H2,1-7H3/t24-,25-,27+/m0/s1. The monoisotopic (exact) mass is 523 g/mol. The molecule has 1 aliphatic rings. The van der Waals surface area contributed by atoms with Gasteiger partial charge < -0.3 is 9.16 Å². The molecule has 1 aliphatic carbocycles. The van der Waals surface area contributed by atoms with Crippen LogP contribution in [-0.4, -0.2) is 44.1 Å². The van der Waals surface area contributed by atoms with Gasteiger partial charge in [0.2, 0.25) is 0 Å². The number of esters is 1. The van der Waals surface area contributed by atoms with E-state index in [0.29, 0.717) is 25.7 Å². The average Bonchev–Trinajstić information content (AvgIpc) is 2.78. The van der Waals surface area contributed by atoms with Gasteiger partial charge in [-0.1, -0.05) is 64.9 Å². The van der Waals surface area contributed by atoms with Crippen molar-refractivity contribution in [3.63, 3.8) is 0 Å². The fourth-order valence-electron chi connectivity index (χ4n) is 4.86. The van der Waals surface area contributed by atoms with Gasteiger partial charge in [-0.15, -0.1) is 0 Å². The Morgan fingerprint density at radius 2 is 1.81 bits per heavy atom. The van der Waals surface area contributed by atoms with Gasteiger partial charge in [-0.05, 0) is 55.3 Å². The van der Waals surface area contributed by atoms with Crippen LogP contribution in [0, 0.1) is 5.92 Å². The summed E-state index contributed by atoms with van der Waals surface area (Å²) in [6.45, 7) is 14.1. The quantitative estimate of drug-likeness (QED) is 0.0519. The number of rotatable bonds is 16. The van der Waals surface area contributed by atoms with Gasteiger partial charge in [-0.2, -0.15) is 0 Å². The molecule has 0 spiro atoms. The highest BCUT2D eigenvalue weighted by atomic mass is 28.4. The zero-order valence-electron chi connectivity index (χ0n) is 23.7. The summed E-state index contributed by atoms with van der Waals surface area (Å²) in [6, 6.07) is 0. The highest BCUT2D eigenvalue weighted by Crippen LogP contribution is 2.47. The largest absolute Gasteiger partial charge is 0.458 e. The van der Waals surface area contributed by atoms with E-state index in [2.05, 4.69) is 50.8 Å². The Labute approximate surface area is 219 Å². The first kappa shape index (κ1) is 32.3. The fraction of sp³-hybridized carbons (Fsp3) is 0.889. The van der Waals surface area contributed by atoms with E-state index >= 15 is 0 Å². The highest BCUT2D eigenvalue weighted by molar-refractivity contribution is 6.74. The van der Waals surface area contributed by atoms with Crippen LogP contribution in [0.3, 0.4) is 0 Å². The lowest BCUT2D eigenvalue weighted by molar-refractivity contribution is -0.145. The molecule has 0 aliphatic heterocycles. The van der Waals surface area contributed by atoms with Crippen molar-refractivity contribution < 1.29 is 23.5 Å². The van der Waals surface area contributed by atoms with E-state index in [1.165, 1.54) is 6.92 Å². The topological polar surface area (TPSA) is 118 Å². The number of carbonyl (C=O) groups is 3. The summed E-state index contributed by atoms with van der Waals surface area (Å²) in [5.74, 6) is -0.640. The van der Waals surface area contributed by atoms with Crippen LogP contribution in [-0.2, 0) is 23.5 Å². The fourth-order valence-corrected chi connectivity index (χ4v) is 6.22. The third kappa shape index (κ3) is 10.3. The van der Waals surface area contributed by atoms with E-state index in [4.69, 9.17) is 9.16 Å². The summed E-state index contributed by atoms with van der Waals surface area (Å²) in [5, 5.41) is 4.28. The Kier molecular flexibility index (Phi) is 13.4. The van der Waals surface area contributed by atoms with Crippen molar-refractivity contribution in [3.8, 4) is 0 Å². The summed E-state index contributed by atoms with van der Waals surface area (Å²) in [7, 11) is -2.23. The van der Waals surface area contributed by atoms with Gasteiger partial charge in [-0.25, -0.2) is 0 Å². The summed E-state index contributed by atoms with van der Waals surface area (Å²) in [5.41, 5.74) is 8.74. The average molecular weight is 524 g/mol. The summed E-state index contributed by atoms with van der Waals surface area (Å²) in [6.07, 6.45) is 8.52. The van der Waals surface area contributed by atoms with Gasteiger partial charge in [0.05, 0.1) is 11.6 Å². The first-order valence-corrected chi connectivity index (χ1v) is 16.6. The second-order valence-corrected chi connectivity index (χ2v) is 16.7. The molecule has 0 aromatic rings. The van der Waals surface area contributed by atoms with E-state index in [0.717, 1.165) is 44.9 Å². The molecule has 8 nitrogen and oxygen atoms in total.